The maximum atomic E-state index is 12.2. The molecule has 0 bridgehead atoms. The molecule has 1 aromatic rings. The Balaban J connectivity index is 2.76. The van der Waals surface area contributed by atoms with Gasteiger partial charge in [-0.1, -0.05) is 42.5 Å². The van der Waals surface area contributed by atoms with Crippen LogP contribution in [0.2, 0.25) is 0 Å². The summed E-state index contributed by atoms with van der Waals surface area (Å²) < 4.78 is 10.0. The molecule has 0 amide bonds. The molecule has 0 aliphatic rings. The minimum absolute atomic E-state index is 0.263. The molecule has 0 fully saturated rings. The fraction of sp³-hybridized carbons (Fsp3) is 0.444. The van der Waals surface area contributed by atoms with E-state index < -0.39 is 11.4 Å². The highest BCUT2D eigenvalue weighted by atomic mass is 16.5. The van der Waals surface area contributed by atoms with E-state index in [4.69, 9.17) is 9.47 Å². The van der Waals surface area contributed by atoms with E-state index >= 15 is 0 Å². The third-order valence-corrected chi connectivity index (χ3v) is 3.38. The van der Waals surface area contributed by atoms with Crippen molar-refractivity contribution in [3.8, 4) is 6.07 Å². The first-order valence-corrected chi connectivity index (χ1v) is 7.47. The van der Waals surface area contributed by atoms with Crippen LogP contribution in [0.5, 0.6) is 0 Å². The van der Waals surface area contributed by atoms with Gasteiger partial charge in [-0.2, -0.15) is 5.26 Å². The zero-order chi connectivity index (χ0) is 16.3. The summed E-state index contributed by atoms with van der Waals surface area (Å²) in [7, 11) is 1.57. The lowest BCUT2D eigenvalue weighted by molar-refractivity contribution is -0.149. The molecule has 1 aromatic carbocycles. The number of nitriles is 1. The van der Waals surface area contributed by atoms with Gasteiger partial charge >= 0.3 is 5.97 Å². The molecule has 1 atom stereocenters. The lowest BCUT2D eigenvalue weighted by Crippen LogP contribution is -2.30. The van der Waals surface area contributed by atoms with Crippen LogP contribution in [-0.2, 0) is 20.7 Å². The average molecular weight is 301 g/mol. The molecule has 0 aliphatic carbocycles. The number of hydrogen-bond acceptors (Lipinski definition) is 4. The maximum Gasteiger partial charge on any atom is 0.330 e. The summed E-state index contributed by atoms with van der Waals surface area (Å²) in [6.45, 7) is 2.36. The summed E-state index contributed by atoms with van der Waals surface area (Å²) in [5.74, 6) is -0.488. The highest BCUT2D eigenvalue weighted by Gasteiger charge is 2.37. The number of carbonyl (C=O) groups excluding carboxylic acids is 1. The lowest BCUT2D eigenvalue weighted by atomic mass is 9.83. The van der Waals surface area contributed by atoms with Gasteiger partial charge in [-0.15, -0.1) is 0 Å². The monoisotopic (exact) mass is 301 g/mol. The SMILES string of the molecule is CCOC(=O)[C@](C#N)(/C=C/COC)CCCc1ccccc1. The van der Waals surface area contributed by atoms with Crippen LogP contribution >= 0.6 is 0 Å². The zero-order valence-corrected chi connectivity index (χ0v) is 13.2. The van der Waals surface area contributed by atoms with Crippen LogP contribution in [0.25, 0.3) is 0 Å². The Hall–Kier alpha value is -2.12. The van der Waals surface area contributed by atoms with Gasteiger partial charge in [0.05, 0.1) is 19.3 Å². The van der Waals surface area contributed by atoms with Crippen molar-refractivity contribution in [3.63, 3.8) is 0 Å². The molecule has 0 spiro atoms. The summed E-state index contributed by atoms with van der Waals surface area (Å²) in [6, 6.07) is 12.1. The maximum absolute atomic E-state index is 12.2. The van der Waals surface area contributed by atoms with Gasteiger partial charge in [0.2, 0.25) is 0 Å². The van der Waals surface area contributed by atoms with E-state index in [0.717, 1.165) is 12.8 Å². The smallest absolute Gasteiger partial charge is 0.330 e. The van der Waals surface area contributed by atoms with E-state index in [1.807, 2.05) is 30.3 Å². The van der Waals surface area contributed by atoms with Crippen LogP contribution < -0.4 is 0 Å². The molecule has 0 saturated heterocycles. The molecule has 0 aromatic heterocycles. The van der Waals surface area contributed by atoms with Crippen molar-refractivity contribution < 1.29 is 14.3 Å². The Morgan fingerprint density at radius 2 is 2.09 bits per heavy atom. The quantitative estimate of drug-likeness (QED) is 0.519. The van der Waals surface area contributed by atoms with Crippen molar-refractivity contribution >= 4 is 5.97 Å². The molecule has 1 rings (SSSR count). The fourth-order valence-electron chi connectivity index (χ4n) is 2.21. The van der Waals surface area contributed by atoms with Gasteiger partial charge < -0.3 is 9.47 Å². The van der Waals surface area contributed by atoms with Crippen molar-refractivity contribution in [1.82, 2.24) is 0 Å². The van der Waals surface area contributed by atoms with Crippen molar-refractivity contribution in [2.24, 2.45) is 5.41 Å². The summed E-state index contributed by atoms with van der Waals surface area (Å²) in [6.07, 6.45) is 5.29. The highest BCUT2D eigenvalue weighted by molar-refractivity contribution is 5.82. The minimum Gasteiger partial charge on any atom is -0.465 e. The molecular weight excluding hydrogens is 278 g/mol. The van der Waals surface area contributed by atoms with E-state index in [9.17, 15) is 10.1 Å². The Morgan fingerprint density at radius 1 is 1.36 bits per heavy atom. The first-order valence-electron chi connectivity index (χ1n) is 7.47. The fourth-order valence-corrected chi connectivity index (χ4v) is 2.21. The molecule has 0 N–H and O–H groups in total. The molecule has 0 unspecified atom stereocenters. The second kappa shape index (κ2) is 9.75. The Kier molecular flexibility index (Phi) is 7.95. The Morgan fingerprint density at radius 3 is 2.68 bits per heavy atom. The minimum atomic E-state index is -1.23. The summed E-state index contributed by atoms with van der Waals surface area (Å²) in [5.41, 5.74) is -0.0392. The molecule has 0 aliphatic heterocycles. The number of ether oxygens (including phenoxy) is 2. The van der Waals surface area contributed by atoms with Crippen LogP contribution in [0.15, 0.2) is 42.5 Å². The predicted molar refractivity (Wildman–Crippen MR) is 85.1 cm³/mol. The summed E-state index contributed by atoms with van der Waals surface area (Å²) >= 11 is 0. The number of carbonyl (C=O) groups is 1. The number of aryl methyl sites for hydroxylation is 1. The largest absolute Gasteiger partial charge is 0.465 e. The van der Waals surface area contributed by atoms with Gasteiger partial charge in [-0.25, -0.2) is 4.79 Å². The molecule has 0 saturated carbocycles. The standard InChI is InChI=1S/C18H23NO3/c1-3-22-17(20)18(15-19,13-8-14-21-2)12-7-11-16-9-5-4-6-10-16/h4-6,8-10,13H,3,7,11-12,14H2,1-2H3/b13-8+/t18-/m0/s1. The number of rotatable bonds is 9. The Labute approximate surface area is 132 Å². The molecule has 118 valence electrons. The first kappa shape index (κ1) is 17.9. The van der Waals surface area contributed by atoms with Gasteiger partial charge in [0.1, 0.15) is 0 Å². The van der Waals surface area contributed by atoms with Gasteiger partial charge in [-0.3, -0.25) is 0 Å². The molecule has 4 heteroatoms. The van der Waals surface area contributed by atoms with Crippen LogP contribution in [0.4, 0.5) is 0 Å². The lowest BCUT2D eigenvalue weighted by Gasteiger charge is -2.20. The summed E-state index contributed by atoms with van der Waals surface area (Å²) in [5, 5.41) is 9.53. The van der Waals surface area contributed by atoms with Crippen LogP contribution in [0, 0.1) is 16.7 Å². The number of methoxy groups -OCH3 is 1. The average Bonchev–Trinajstić information content (AvgIpc) is 2.55. The second-order valence-corrected chi connectivity index (χ2v) is 5.00. The zero-order valence-electron chi connectivity index (χ0n) is 13.2. The molecule has 0 radical (unpaired) electrons. The van der Waals surface area contributed by atoms with Gasteiger partial charge in [0, 0.05) is 7.11 Å². The van der Waals surface area contributed by atoms with Gasteiger partial charge in [0.25, 0.3) is 0 Å². The van der Waals surface area contributed by atoms with Crippen LogP contribution in [0.3, 0.4) is 0 Å². The van der Waals surface area contributed by atoms with E-state index in [1.165, 1.54) is 5.56 Å². The first-order chi connectivity index (χ1) is 10.7. The van der Waals surface area contributed by atoms with Crippen molar-refractivity contribution in [2.45, 2.75) is 26.2 Å². The third kappa shape index (κ3) is 5.34. The second-order valence-electron chi connectivity index (χ2n) is 5.00. The third-order valence-electron chi connectivity index (χ3n) is 3.38. The normalized spacial score (nSPS) is 13.5. The number of nitrogens with zero attached hydrogens (tertiary/aromatic N) is 1. The Bertz CT molecular complexity index is 519. The molecule has 4 nitrogen and oxygen atoms in total. The topological polar surface area (TPSA) is 59.3 Å². The van der Waals surface area contributed by atoms with E-state index in [2.05, 4.69) is 6.07 Å². The highest BCUT2D eigenvalue weighted by Crippen LogP contribution is 2.28. The molecular formula is C18H23NO3. The van der Waals surface area contributed by atoms with Gasteiger partial charge in [0.15, 0.2) is 5.41 Å². The molecule has 0 heterocycles. The molecule has 22 heavy (non-hydrogen) atoms. The van der Waals surface area contributed by atoms with Crippen molar-refractivity contribution in [3.05, 3.63) is 48.0 Å². The van der Waals surface area contributed by atoms with Gasteiger partial charge in [-0.05, 0) is 31.7 Å². The van der Waals surface area contributed by atoms with Crippen molar-refractivity contribution in [2.75, 3.05) is 20.3 Å². The number of esters is 1. The number of hydrogen-bond donors (Lipinski definition) is 0. The predicted octanol–water partition coefficient (Wildman–Crippen LogP) is 3.28. The van der Waals surface area contributed by atoms with Crippen LogP contribution in [0.1, 0.15) is 25.3 Å². The van der Waals surface area contributed by atoms with E-state index in [-0.39, 0.29) is 6.61 Å². The van der Waals surface area contributed by atoms with E-state index in [0.29, 0.717) is 13.0 Å². The number of benzene rings is 1. The van der Waals surface area contributed by atoms with Crippen LogP contribution in [-0.4, -0.2) is 26.3 Å². The summed E-state index contributed by atoms with van der Waals surface area (Å²) in [4.78, 5) is 12.2. The van der Waals surface area contributed by atoms with Crippen molar-refractivity contribution in [1.29, 1.82) is 5.26 Å². The van der Waals surface area contributed by atoms with E-state index in [1.54, 1.807) is 26.2 Å².